The predicted octanol–water partition coefficient (Wildman–Crippen LogP) is 2.28. The van der Waals surface area contributed by atoms with Crippen LogP contribution in [0.1, 0.15) is 43.5 Å². The monoisotopic (exact) mass is 415 g/mol. The molecule has 2 N–H and O–H groups in total. The Morgan fingerprint density at radius 2 is 1.90 bits per heavy atom. The van der Waals surface area contributed by atoms with Crippen molar-refractivity contribution < 1.29 is 4.74 Å². The minimum Gasteiger partial charge on any atom is -0.385 e. The Morgan fingerprint density at radius 1 is 1.17 bits per heavy atom. The van der Waals surface area contributed by atoms with Gasteiger partial charge >= 0.3 is 0 Å². The Labute approximate surface area is 180 Å². The van der Waals surface area contributed by atoms with Gasteiger partial charge in [-0.3, -0.25) is 4.90 Å². The van der Waals surface area contributed by atoms with E-state index in [1.807, 2.05) is 18.5 Å². The zero-order valence-corrected chi connectivity index (χ0v) is 19.1. The number of aliphatic imine (C=N–C) groups is 1. The first-order chi connectivity index (χ1) is 14.6. The Balaban J connectivity index is 2.11. The Hall–Kier alpha value is -2.45. The van der Waals surface area contributed by atoms with Gasteiger partial charge in [-0.2, -0.15) is 0 Å². The van der Waals surface area contributed by atoms with Crippen molar-refractivity contribution in [3.8, 4) is 0 Å². The van der Waals surface area contributed by atoms with Gasteiger partial charge in [0.25, 0.3) is 0 Å². The molecule has 2 rings (SSSR count). The van der Waals surface area contributed by atoms with Crippen molar-refractivity contribution in [1.29, 1.82) is 0 Å². The molecule has 0 saturated heterocycles. The third-order valence-electron chi connectivity index (χ3n) is 5.28. The van der Waals surface area contributed by atoms with Crippen LogP contribution < -0.4 is 10.6 Å². The standard InChI is InChI=1S/C22H37N7O/c1-6-29(7-2)20(19-12-9-8-10-13-19)16-24-22(23-14-11-15-30-5)25-17-21-27-26-18(3)28(21)4/h8-10,12-13,20H,6-7,11,14-17H2,1-5H3,(H2,23,24,25). The van der Waals surface area contributed by atoms with Crippen LogP contribution in [0.3, 0.4) is 0 Å². The molecule has 0 spiro atoms. The summed E-state index contributed by atoms with van der Waals surface area (Å²) in [6.07, 6.45) is 0.915. The topological polar surface area (TPSA) is 79.6 Å². The summed E-state index contributed by atoms with van der Waals surface area (Å²) < 4.78 is 7.13. The first-order valence-electron chi connectivity index (χ1n) is 10.8. The third-order valence-corrected chi connectivity index (χ3v) is 5.28. The number of nitrogens with zero attached hydrogens (tertiary/aromatic N) is 5. The van der Waals surface area contributed by atoms with Crippen LogP contribution in [0.15, 0.2) is 35.3 Å². The lowest BCUT2D eigenvalue weighted by atomic mass is 10.1. The van der Waals surface area contributed by atoms with E-state index in [2.05, 4.69) is 69.9 Å². The maximum absolute atomic E-state index is 5.16. The van der Waals surface area contributed by atoms with Crippen LogP contribution in [0, 0.1) is 6.92 Å². The van der Waals surface area contributed by atoms with Gasteiger partial charge in [0.05, 0.1) is 6.04 Å². The summed E-state index contributed by atoms with van der Waals surface area (Å²) in [5.74, 6) is 2.50. The van der Waals surface area contributed by atoms with Crippen molar-refractivity contribution in [2.45, 2.75) is 39.8 Å². The van der Waals surface area contributed by atoms with Gasteiger partial charge in [-0.25, -0.2) is 4.99 Å². The molecular formula is C22H37N7O. The molecule has 0 amide bonds. The maximum atomic E-state index is 5.16. The molecule has 0 radical (unpaired) electrons. The lowest BCUT2D eigenvalue weighted by Crippen LogP contribution is -2.43. The quantitative estimate of drug-likeness (QED) is 0.315. The summed E-state index contributed by atoms with van der Waals surface area (Å²) in [6.45, 7) is 11.1. The van der Waals surface area contributed by atoms with Gasteiger partial charge in [0.15, 0.2) is 11.8 Å². The summed E-state index contributed by atoms with van der Waals surface area (Å²) in [7, 11) is 3.68. The minimum absolute atomic E-state index is 0.268. The highest BCUT2D eigenvalue weighted by Crippen LogP contribution is 2.19. The zero-order valence-electron chi connectivity index (χ0n) is 19.1. The van der Waals surface area contributed by atoms with Crippen LogP contribution >= 0.6 is 0 Å². The van der Waals surface area contributed by atoms with Gasteiger partial charge in [0.1, 0.15) is 12.4 Å². The van der Waals surface area contributed by atoms with Crippen molar-refractivity contribution in [2.75, 3.05) is 39.9 Å². The summed E-state index contributed by atoms with van der Waals surface area (Å²) in [6, 6.07) is 10.9. The molecule has 1 unspecified atom stereocenters. The molecular weight excluding hydrogens is 378 g/mol. The van der Waals surface area contributed by atoms with E-state index in [4.69, 9.17) is 9.73 Å². The van der Waals surface area contributed by atoms with Crippen LogP contribution in [0.5, 0.6) is 0 Å². The lowest BCUT2D eigenvalue weighted by molar-refractivity contribution is 0.195. The number of hydrogen-bond acceptors (Lipinski definition) is 5. The highest BCUT2D eigenvalue weighted by atomic mass is 16.5. The van der Waals surface area contributed by atoms with Gasteiger partial charge in [0, 0.05) is 33.9 Å². The predicted molar refractivity (Wildman–Crippen MR) is 121 cm³/mol. The average molecular weight is 416 g/mol. The number of methoxy groups -OCH3 is 1. The van der Waals surface area contributed by atoms with Crippen LogP contribution in [0.4, 0.5) is 0 Å². The van der Waals surface area contributed by atoms with Gasteiger partial charge in [0.2, 0.25) is 0 Å². The van der Waals surface area contributed by atoms with E-state index in [9.17, 15) is 0 Å². The number of aryl methyl sites for hydroxylation is 1. The third kappa shape index (κ3) is 7.11. The fraction of sp³-hybridized carbons (Fsp3) is 0.591. The molecule has 8 heteroatoms. The first kappa shape index (κ1) is 23.8. The molecule has 2 aromatic rings. The SMILES string of the molecule is CCN(CC)C(CNC(=NCc1nnc(C)n1C)NCCCOC)c1ccccc1. The average Bonchev–Trinajstić information content (AvgIpc) is 3.09. The number of hydrogen-bond donors (Lipinski definition) is 2. The molecule has 0 aliphatic rings. The van der Waals surface area contributed by atoms with Crippen molar-refractivity contribution >= 4 is 5.96 Å². The number of ether oxygens (including phenoxy) is 1. The summed E-state index contributed by atoms with van der Waals surface area (Å²) in [4.78, 5) is 7.21. The molecule has 30 heavy (non-hydrogen) atoms. The van der Waals surface area contributed by atoms with Crippen LogP contribution in [-0.2, 0) is 18.3 Å². The molecule has 1 atom stereocenters. The fourth-order valence-electron chi connectivity index (χ4n) is 3.33. The summed E-state index contributed by atoms with van der Waals surface area (Å²) >= 11 is 0. The number of benzene rings is 1. The Morgan fingerprint density at radius 3 is 2.50 bits per heavy atom. The maximum Gasteiger partial charge on any atom is 0.191 e. The second-order valence-electron chi connectivity index (χ2n) is 7.19. The second-order valence-corrected chi connectivity index (χ2v) is 7.19. The molecule has 1 aromatic heterocycles. The van der Waals surface area contributed by atoms with E-state index < -0.39 is 0 Å². The summed E-state index contributed by atoms with van der Waals surface area (Å²) in [5, 5.41) is 15.3. The molecule has 0 aliphatic carbocycles. The minimum atomic E-state index is 0.268. The van der Waals surface area contributed by atoms with E-state index in [-0.39, 0.29) is 6.04 Å². The van der Waals surface area contributed by atoms with Crippen LogP contribution in [-0.4, -0.2) is 65.5 Å². The number of rotatable bonds is 12. The molecule has 0 bridgehead atoms. The lowest BCUT2D eigenvalue weighted by Gasteiger charge is -2.31. The summed E-state index contributed by atoms with van der Waals surface area (Å²) in [5.41, 5.74) is 1.30. The van der Waals surface area contributed by atoms with Crippen molar-refractivity contribution in [3.63, 3.8) is 0 Å². The molecule has 1 heterocycles. The smallest absolute Gasteiger partial charge is 0.191 e. The molecule has 0 aliphatic heterocycles. The van der Waals surface area contributed by atoms with Gasteiger partial charge in [-0.15, -0.1) is 10.2 Å². The molecule has 166 valence electrons. The van der Waals surface area contributed by atoms with Crippen molar-refractivity contribution in [1.82, 2.24) is 30.3 Å². The van der Waals surface area contributed by atoms with E-state index in [1.165, 1.54) is 5.56 Å². The zero-order chi connectivity index (χ0) is 21.8. The molecule has 0 saturated carbocycles. The number of likely N-dealkylation sites (N-methyl/N-ethyl adjacent to an activating group) is 1. The molecule has 8 nitrogen and oxygen atoms in total. The van der Waals surface area contributed by atoms with E-state index in [0.717, 1.165) is 56.8 Å². The Bertz CT molecular complexity index is 756. The molecule has 1 aromatic carbocycles. The van der Waals surface area contributed by atoms with Crippen molar-refractivity contribution in [3.05, 3.63) is 47.5 Å². The highest BCUT2D eigenvalue weighted by Gasteiger charge is 2.18. The second kappa shape index (κ2) is 13.0. The highest BCUT2D eigenvalue weighted by molar-refractivity contribution is 5.79. The molecule has 0 fully saturated rings. The van der Waals surface area contributed by atoms with Crippen molar-refractivity contribution in [2.24, 2.45) is 12.0 Å². The van der Waals surface area contributed by atoms with E-state index in [0.29, 0.717) is 6.54 Å². The van der Waals surface area contributed by atoms with Gasteiger partial charge < -0.3 is 19.9 Å². The van der Waals surface area contributed by atoms with E-state index >= 15 is 0 Å². The normalized spacial score (nSPS) is 12.9. The largest absolute Gasteiger partial charge is 0.385 e. The number of nitrogens with one attached hydrogen (secondary N) is 2. The van der Waals surface area contributed by atoms with Gasteiger partial charge in [-0.1, -0.05) is 44.2 Å². The van der Waals surface area contributed by atoms with Gasteiger partial charge in [-0.05, 0) is 32.0 Å². The van der Waals surface area contributed by atoms with E-state index in [1.54, 1.807) is 7.11 Å². The first-order valence-corrected chi connectivity index (χ1v) is 10.8. The number of aromatic nitrogens is 3. The Kier molecular flexibility index (Phi) is 10.3. The number of guanidine groups is 1. The fourth-order valence-corrected chi connectivity index (χ4v) is 3.33. The van der Waals surface area contributed by atoms with Crippen LogP contribution in [0.2, 0.25) is 0 Å². The van der Waals surface area contributed by atoms with Crippen LogP contribution in [0.25, 0.3) is 0 Å².